The highest BCUT2D eigenvalue weighted by molar-refractivity contribution is 5.95. The Balaban J connectivity index is 2.60. The fraction of sp³-hybridized carbons (Fsp3) is 0.462. The highest BCUT2D eigenvalue weighted by Gasteiger charge is 2.10. The van der Waals surface area contributed by atoms with Crippen LogP contribution in [0.1, 0.15) is 29.8 Å². The zero-order valence-electron chi connectivity index (χ0n) is 10.6. The number of aryl methyl sites for hydroxylation is 1. The molecule has 0 aliphatic heterocycles. The first-order chi connectivity index (χ1) is 8.04. The molecule has 1 amide bonds. The molecule has 4 nitrogen and oxygen atoms in total. The first-order valence-corrected chi connectivity index (χ1v) is 5.79. The number of benzene rings is 1. The number of ether oxygens (including phenoxy) is 1. The molecule has 0 aliphatic carbocycles. The van der Waals surface area contributed by atoms with Crippen LogP contribution in [0, 0.1) is 6.92 Å². The van der Waals surface area contributed by atoms with E-state index < -0.39 is 0 Å². The van der Waals surface area contributed by atoms with E-state index in [0.29, 0.717) is 24.5 Å². The van der Waals surface area contributed by atoms with E-state index in [1.807, 2.05) is 26.8 Å². The maximum absolute atomic E-state index is 11.9. The van der Waals surface area contributed by atoms with Crippen molar-refractivity contribution in [1.29, 1.82) is 0 Å². The van der Waals surface area contributed by atoms with Crippen molar-refractivity contribution in [1.82, 2.24) is 5.32 Å². The molecule has 0 heterocycles. The number of hydrogen-bond donors (Lipinski definition) is 2. The quantitative estimate of drug-likeness (QED) is 0.765. The van der Waals surface area contributed by atoms with Crippen molar-refractivity contribution in [3.63, 3.8) is 0 Å². The van der Waals surface area contributed by atoms with Gasteiger partial charge in [-0.15, -0.1) is 0 Å². The third-order valence-corrected chi connectivity index (χ3v) is 2.49. The molecular weight excluding hydrogens is 216 g/mol. The van der Waals surface area contributed by atoms with Gasteiger partial charge < -0.3 is 15.8 Å². The Morgan fingerprint density at radius 1 is 1.53 bits per heavy atom. The van der Waals surface area contributed by atoms with Crippen molar-refractivity contribution in [2.45, 2.75) is 26.8 Å². The number of nitrogen functional groups attached to an aromatic ring is 1. The fourth-order valence-electron chi connectivity index (χ4n) is 1.43. The first kappa shape index (κ1) is 13.5. The normalized spacial score (nSPS) is 12.2. The highest BCUT2D eigenvalue weighted by atomic mass is 16.5. The van der Waals surface area contributed by atoms with Crippen LogP contribution in [-0.2, 0) is 4.74 Å². The summed E-state index contributed by atoms with van der Waals surface area (Å²) in [4.78, 5) is 11.9. The molecule has 3 N–H and O–H groups in total. The minimum absolute atomic E-state index is 0.00928. The predicted octanol–water partition coefficient (Wildman–Crippen LogP) is 1.73. The summed E-state index contributed by atoms with van der Waals surface area (Å²) in [6.07, 6.45) is 0. The lowest BCUT2D eigenvalue weighted by Crippen LogP contribution is -2.35. The standard InChI is InChI=1S/C13H20N2O2/c1-4-17-8-10(3)15-13(16)11-6-5-9(2)12(14)7-11/h5-7,10H,4,8,14H2,1-3H3,(H,15,16). The zero-order valence-corrected chi connectivity index (χ0v) is 10.6. The maximum atomic E-state index is 11.9. The van der Waals surface area contributed by atoms with E-state index >= 15 is 0 Å². The van der Waals surface area contributed by atoms with Crippen LogP contribution in [0.2, 0.25) is 0 Å². The van der Waals surface area contributed by atoms with E-state index in [1.54, 1.807) is 12.1 Å². The second-order valence-corrected chi connectivity index (χ2v) is 4.11. The Hall–Kier alpha value is -1.55. The Kier molecular flexibility index (Phi) is 4.97. The van der Waals surface area contributed by atoms with Crippen molar-refractivity contribution in [2.24, 2.45) is 0 Å². The lowest BCUT2D eigenvalue weighted by atomic mass is 10.1. The molecule has 0 saturated carbocycles. The van der Waals surface area contributed by atoms with Gasteiger partial charge in [-0.1, -0.05) is 6.07 Å². The van der Waals surface area contributed by atoms with E-state index in [9.17, 15) is 4.79 Å². The van der Waals surface area contributed by atoms with E-state index in [2.05, 4.69) is 5.32 Å². The van der Waals surface area contributed by atoms with E-state index in [4.69, 9.17) is 10.5 Å². The topological polar surface area (TPSA) is 64.3 Å². The van der Waals surface area contributed by atoms with Crippen LogP contribution in [0.5, 0.6) is 0 Å². The van der Waals surface area contributed by atoms with Gasteiger partial charge in [0, 0.05) is 23.9 Å². The van der Waals surface area contributed by atoms with Crippen LogP contribution in [0.25, 0.3) is 0 Å². The SMILES string of the molecule is CCOCC(C)NC(=O)c1ccc(C)c(N)c1. The molecule has 1 rings (SSSR count). The van der Waals surface area contributed by atoms with Gasteiger partial charge in [0.1, 0.15) is 0 Å². The molecule has 94 valence electrons. The number of hydrogen-bond acceptors (Lipinski definition) is 3. The Bertz CT molecular complexity index is 391. The number of carbonyl (C=O) groups excluding carboxylic acids is 1. The number of amides is 1. The van der Waals surface area contributed by atoms with E-state index in [0.717, 1.165) is 5.56 Å². The summed E-state index contributed by atoms with van der Waals surface area (Å²) in [5.74, 6) is -0.121. The smallest absolute Gasteiger partial charge is 0.251 e. The second kappa shape index (κ2) is 6.25. The van der Waals surface area contributed by atoms with Gasteiger partial charge >= 0.3 is 0 Å². The van der Waals surface area contributed by atoms with Gasteiger partial charge in [-0.05, 0) is 38.5 Å². The molecule has 1 aromatic rings. The molecule has 0 aliphatic rings. The Morgan fingerprint density at radius 3 is 2.82 bits per heavy atom. The molecular formula is C13H20N2O2. The molecule has 4 heteroatoms. The van der Waals surface area contributed by atoms with Gasteiger partial charge in [0.2, 0.25) is 0 Å². The summed E-state index contributed by atoms with van der Waals surface area (Å²) in [5.41, 5.74) is 7.96. The van der Waals surface area contributed by atoms with Crippen LogP contribution in [0.4, 0.5) is 5.69 Å². The molecule has 0 saturated heterocycles. The van der Waals surface area contributed by atoms with Gasteiger partial charge in [-0.25, -0.2) is 0 Å². The van der Waals surface area contributed by atoms with Gasteiger partial charge in [0.05, 0.1) is 6.61 Å². The molecule has 1 aromatic carbocycles. The second-order valence-electron chi connectivity index (χ2n) is 4.11. The highest BCUT2D eigenvalue weighted by Crippen LogP contribution is 2.12. The summed E-state index contributed by atoms with van der Waals surface area (Å²) < 4.78 is 5.24. The Labute approximate surface area is 102 Å². The number of nitrogens with two attached hydrogens (primary N) is 1. The largest absolute Gasteiger partial charge is 0.398 e. The summed E-state index contributed by atoms with van der Waals surface area (Å²) in [5, 5.41) is 2.86. The van der Waals surface area contributed by atoms with Crippen molar-refractivity contribution < 1.29 is 9.53 Å². The molecule has 0 radical (unpaired) electrons. The van der Waals surface area contributed by atoms with E-state index in [-0.39, 0.29) is 11.9 Å². The monoisotopic (exact) mass is 236 g/mol. The average molecular weight is 236 g/mol. The summed E-state index contributed by atoms with van der Waals surface area (Å²) in [6.45, 7) is 6.91. The lowest BCUT2D eigenvalue weighted by molar-refractivity contribution is 0.0872. The summed E-state index contributed by atoms with van der Waals surface area (Å²) >= 11 is 0. The van der Waals surface area contributed by atoms with E-state index in [1.165, 1.54) is 0 Å². The third-order valence-electron chi connectivity index (χ3n) is 2.49. The molecule has 17 heavy (non-hydrogen) atoms. The van der Waals surface area contributed by atoms with Gasteiger partial charge in [-0.3, -0.25) is 4.79 Å². The van der Waals surface area contributed by atoms with Crippen LogP contribution in [0.15, 0.2) is 18.2 Å². The minimum atomic E-state index is -0.121. The molecule has 0 spiro atoms. The summed E-state index contributed by atoms with van der Waals surface area (Å²) in [6, 6.07) is 5.30. The first-order valence-electron chi connectivity index (χ1n) is 5.79. The minimum Gasteiger partial charge on any atom is -0.398 e. The lowest BCUT2D eigenvalue weighted by Gasteiger charge is -2.14. The van der Waals surface area contributed by atoms with Crippen LogP contribution in [0.3, 0.4) is 0 Å². The van der Waals surface area contributed by atoms with Gasteiger partial charge in [-0.2, -0.15) is 0 Å². The molecule has 1 unspecified atom stereocenters. The number of anilines is 1. The zero-order chi connectivity index (χ0) is 12.8. The van der Waals surface area contributed by atoms with Crippen molar-refractivity contribution in [2.75, 3.05) is 18.9 Å². The maximum Gasteiger partial charge on any atom is 0.251 e. The third kappa shape index (κ3) is 4.07. The number of nitrogens with one attached hydrogen (secondary N) is 1. The number of carbonyl (C=O) groups is 1. The van der Waals surface area contributed by atoms with Crippen molar-refractivity contribution >= 4 is 11.6 Å². The Morgan fingerprint density at radius 2 is 2.24 bits per heavy atom. The fourth-order valence-corrected chi connectivity index (χ4v) is 1.43. The molecule has 1 atom stereocenters. The van der Waals surface area contributed by atoms with Crippen LogP contribution < -0.4 is 11.1 Å². The molecule has 0 aromatic heterocycles. The molecule has 0 bridgehead atoms. The average Bonchev–Trinajstić information content (AvgIpc) is 2.30. The summed E-state index contributed by atoms with van der Waals surface area (Å²) in [7, 11) is 0. The van der Waals surface area contributed by atoms with Crippen LogP contribution >= 0.6 is 0 Å². The van der Waals surface area contributed by atoms with Crippen molar-refractivity contribution in [3.05, 3.63) is 29.3 Å². The van der Waals surface area contributed by atoms with Gasteiger partial charge in [0.15, 0.2) is 0 Å². The number of rotatable bonds is 5. The van der Waals surface area contributed by atoms with Crippen LogP contribution in [-0.4, -0.2) is 25.2 Å². The van der Waals surface area contributed by atoms with Gasteiger partial charge in [0.25, 0.3) is 5.91 Å². The molecule has 0 fully saturated rings. The predicted molar refractivity (Wildman–Crippen MR) is 69.0 cm³/mol. The van der Waals surface area contributed by atoms with Crippen molar-refractivity contribution in [3.8, 4) is 0 Å².